The molecule has 1 amide bonds. The first-order chi connectivity index (χ1) is 12.0. The van der Waals surface area contributed by atoms with Crippen LogP contribution in [-0.2, 0) is 4.79 Å². The zero-order chi connectivity index (χ0) is 17.8. The maximum atomic E-state index is 11.5. The van der Waals surface area contributed by atoms with Gasteiger partial charge >= 0.3 is 0 Å². The molecular formula is C18H20N6O. The van der Waals surface area contributed by atoms with Gasteiger partial charge in [-0.15, -0.1) is 0 Å². The molecule has 2 heterocycles. The summed E-state index contributed by atoms with van der Waals surface area (Å²) in [5.74, 6) is 2.31. The zero-order valence-corrected chi connectivity index (χ0v) is 14.4. The molecule has 1 fully saturated rings. The van der Waals surface area contributed by atoms with E-state index in [1.54, 1.807) is 19.1 Å². The van der Waals surface area contributed by atoms with E-state index in [9.17, 15) is 4.79 Å². The summed E-state index contributed by atoms with van der Waals surface area (Å²) in [4.78, 5) is 24.4. The van der Waals surface area contributed by atoms with Gasteiger partial charge in [0.1, 0.15) is 17.5 Å². The fourth-order valence-corrected chi connectivity index (χ4v) is 2.84. The maximum Gasteiger partial charge on any atom is 0.219 e. The molecule has 0 aliphatic carbocycles. The Morgan fingerprint density at radius 3 is 2.64 bits per heavy atom. The first-order valence-electron chi connectivity index (χ1n) is 8.18. The van der Waals surface area contributed by atoms with Crippen molar-refractivity contribution in [3.05, 3.63) is 41.7 Å². The molecule has 128 valence electrons. The van der Waals surface area contributed by atoms with Crippen LogP contribution in [0.3, 0.4) is 0 Å². The van der Waals surface area contributed by atoms with Gasteiger partial charge in [-0.1, -0.05) is 6.07 Å². The van der Waals surface area contributed by atoms with Gasteiger partial charge in [0.2, 0.25) is 5.91 Å². The molecule has 1 saturated heterocycles. The minimum atomic E-state index is 0.109. The number of anilines is 3. The van der Waals surface area contributed by atoms with E-state index in [1.807, 2.05) is 30.0 Å². The fraction of sp³-hybridized carbons (Fsp3) is 0.333. The monoisotopic (exact) mass is 336 g/mol. The van der Waals surface area contributed by atoms with E-state index in [1.165, 1.54) is 0 Å². The van der Waals surface area contributed by atoms with Crippen molar-refractivity contribution in [2.45, 2.75) is 13.8 Å². The van der Waals surface area contributed by atoms with E-state index in [4.69, 9.17) is 5.26 Å². The summed E-state index contributed by atoms with van der Waals surface area (Å²) in [6.07, 6.45) is 0. The highest BCUT2D eigenvalue weighted by atomic mass is 16.2. The summed E-state index contributed by atoms with van der Waals surface area (Å²) in [5, 5.41) is 12.2. The Kier molecular flexibility index (Phi) is 4.80. The predicted octanol–water partition coefficient (Wildman–Crippen LogP) is 2.07. The van der Waals surface area contributed by atoms with Crippen LogP contribution in [0.25, 0.3) is 0 Å². The minimum Gasteiger partial charge on any atom is -0.353 e. The SMILES string of the molecule is CC(=O)N1CCN(c2cc(Nc3cccc(C#N)c3)nc(C)n2)CC1. The van der Waals surface area contributed by atoms with Crippen LogP contribution in [0.4, 0.5) is 17.3 Å². The second kappa shape index (κ2) is 7.18. The van der Waals surface area contributed by atoms with Gasteiger partial charge in [-0.25, -0.2) is 9.97 Å². The molecule has 7 nitrogen and oxygen atoms in total. The number of hydrogen-bond acceptors (Lipinski definition) is 6. The van der Waals surface area contributed by atoms with Crippen LogP contribution in [-0.4, -0.2) is 47.0 Å². The maximum absolute atomic E-state index is 11.5. The summed E-state index contributed by atoms with van der Waals surface area (Å²) in [5.41, 5.74) is 1.40. The van der Waals surface area contributed by atoms with Gasteiger partial charge < -0.3 is 15.1 Å². The second-order valence-electron chi connectivity index (χ2n) is 5.97. The fourth-order valence-electron chi connectivity index (χ4n) is 2.84. The topological polar surface area (TPSA) is 85.2 Å². The van der Waals surface area contributed by atoms with E-state index in [0.29, 0.717) is 30.3 Å². The summed E-state index contributed by atoms with van der Waals surface area (Å²) in [7, 11) is 0. The number of carbonyl (C=O) groups excluding carboxylic acids is 1. The Bertz CT molecular complexity index is 821. The van der Waals surface area contributed by atoms with Gasteiger partial charge in [0, 0.05) is 44.9 Å². The normalized spacial score (nSPS) is 14.1. The van der Waals surface area contributed by atoms with Crippen LogP contribution >= 0.6 is 0 Å². The molecule has 0 saturated carbocycles. The van der Waals surface area contributed by atoms with Gasteiger partial charge in [0.05, 0.1) is 11.6 Å². The van der Waals surface area contributed by atoms with Crippen molar-refractivity contribution < 1.29 is 4.79 Å². The van der Waals surface area contributed by atoms with Crippen molar-refractivity contribution in [1.29, 1.82) is 5.26 Å². The van der Waals surface area contributed by atoms with Crippen LogP contribution in [0.5, 0.6) is 0 Å². The molecule has 0 spiro atoms. The molecule has 0 unspecified atom stereocenters. The van der Waals surface area contributed by atoms with Crippen molar-refractivity contribution in [3.63, 3.8) is 0 Å². The van der Waals surface area contributed by atoms with Crippen LogP contribution in [0.2, 0.25) is 0 Å². The molecule has 2 aromatic rings. The Labute approximate surface area is 146 Å². The first-order valence-corrected chi connectivity index (χ1v) is 8.18. The van der Waals surface area contributed by atoms with Crippen LogP contribution in [0, 0.1) is 18.3 Å². The molecule has 7 heteroatoms. The molecule has 1 aromatic heterocycles. The lowest BCUT2D eigenvalue weighted by Crippen LogP contribution is -2.48. The molecule has 0 radical (unpaired) electrons. The average Bonchev–Trinajstić information content (AvgIpc) is 2.61. The smallest absolute Gasteiger partial charge is 0.219 e. The molecule has 1 aliphatic heterocycles. The van der Waals surface area contributed by atoms with E-state index in [0.717, 1.165) is 24.6 Å². The number of hydrogen-bond donors (Lipinski definition) is 1. The summed E-state index contributed by atoms with van der Waals surface area (Å²) in [6, 6.07) is 11.3. The second-order valence-corrected chi connectivity index (χ2v) is 5.97. The molecule has 1 N–H and O–H groups in total. The number of nitrogens with one attached hydrogen (secondary N) is 1. The number of benzene rings is 1. The number of carbonyl (C=O) groups is 1. The Morgan fingerprint density at radius 1 is 1.20 bits per heavy atom. The van der Waals surface area contributed by atoms with Crippen molar-refractivity contribution in [1.82, 2.24) is 14.9 Å². The number of amides is 1. The molecule has 1 aromatic carbocycles. The standard InChI is InChI=1S/C18H20N6O/c1-13-20-17(22-16-5-3-4-15(10-16)12-19)11-18(21-13)24-8-6-23(7-9-24)14(2)25/h3-5,10-11H,6-9H2,1-2H3,(H,20,21,22). The van der Waals surface area contributed by atoms with Crippen molar-refractivity contribution >= 4 is 23.2 Å². The van der Waals surface area contributed by atoms with Crippen molar-refractivity contribution in [2.75, 3.05) is 36.4 Å². The van der Waals surface area contributed by atoms with Crippen LogP contribution in [0.1, 0.15) is 18.3 Å². The molecule has 0 atom stereocenters. The van der Waals surface area contributed by atoms with Gasteiger partial charge in [-0.3, -0.25) is 4.79 Å². The van der Waals surface area contributed by atoms with E-state index in [2.05, 4.69) is 26.3 Å². The highest BCUT2D eigenvalue weighted by Gasteiger charge is 2.20. The first kappa shape index (κ1) is 16.7. The molecule has 3 rings (SSSR count). The third-order valence-electron chi connectivity index (χ3n) is 4.14. The highest BCUT2D eigenvalue weighted by Crippen LogP contribution is 2.21. The lowest BCUT2D eigenvalue weighted by molar-refractivity contribution is -0.129. The molecule has 25 heavy (non-hydrogen) atoms. The number of aromatic nitrogens is 2. The highest BCUT2D eigenvalue weighted by molar-refractivity contribution is 5.73. The molecular weight excluding hydrogens is 316 g/mol. The Morgan fingerprint density at radius 2 is 1.96 bits per heavy atom. The van der Waals surface area contributed by atoms with Crippen LogP contribution in [0.15, 0.2) is 30.3 Å². The number of nitrogens with zero attached hydrogens (tertiary/aromatic N) is 5. The number of aryl methyl sites for hydroxylation is 1. The van der Waals surface area contributed by atoms with E-state index >= 15 is 0 Å². The summed E-state index contributed by atoms with van der Waals surface area (Å²) >= 11 is 0. The van der Waals surface area contributed by atoms with Crippen molar-refractivity contribution in [2.24, 2.45) is 0 Å². The third kappa shape index (κ3) is 4.04. The minimum absolute atomic E-state index is 0.109. The van der Waals surface area contributed by atoms with Gasteiger partial charge in [0.15, 0.2) is 0 Å². The Balaban J connectivity index is 1.77. The van der Waals surface area contributed by atoms with Crippen molar-refractivity contribution in [3.8, 4) is 6.07 Å². The number of nitriles is 1. The quantitative estimate of drug-likeness (QED) is 0.923. The number of rotatable bonds is 3. The molecule has 1 aliphatic rings. The Hall–Kier alpha value is -3.14. The zero-order valence-electron chi connectivity index (χ0n) is 14.4. The number of piperazine rings is 1. The van der Waals surface area contributed by atoms with E-state index in [-0.39, 0.29) is 5.91 Å². The lowest BCUT2D eigenvalue weighted by atomic mass is 10.2. The van der Waals surface area contributed by atoms with Crippen LogP contribution < -0.4 is 10.2 Å². The third-order valence-corrected chi connectivity index (χ3v) is 4.14. The van der Waals surface area contributed by atoms with Gasteiger partial charge in [-0.05, 0) is 25.1 Å². The average molecular weight is 336 g/mol. The lowest BCUT2D eigenvalue weighted by Gasteiger charge is -2.35. The summed E-state index contributed by atoms with van der Waals surface area (Å²) in [6.45, 7) is 6.35. The van der Waals surface area contributed by atoms with E-state index < -0.39 is 0 Å². The largest absolute Gasteiger partial charge is 0.353 e. The van der Waals surface area contributed by atoms with Gasteiger partial charge in [0.25, 0.3) is 0 Å². The predicted molar refractivity (Wildman–Crippen MR) is 95.7 cm³/mol. The molecule has 0 bridgehead atoms. The van der Waals surface area contributed by atoms with Gasteiger partial charge in [-0.2, -0.15) is 5.26 Å². The summed E-state index contributed by atoms with van der Waals surface area (Å²) < 4.78 is 0.